The van der Waals surface area contributed by atoms with Crippen molar-refractivity contribution in [3.8, 4) is 0 Å². The first-order valence-corrected chi connectivity index (χ1v) is 4.29. The van der Waals surface area contributed by atoms with Crippen molar-refractivity contribution in [2.75, 3.05) is 0 Å². The first-order valence-electron chi connectivity index (χ1n) is 4.29. The molecule has 2 nitrogen and oxygen atoms in total. The van der Waals surface area contributed by atoms with Crippen LogP contribution in [0.2, 0.25) is 0 Å². The number of nitrogens with two attached hydrogens (primary N) is 1. The fraction of sp³-hybridized carbons (Fsp3) is 0.200. The molecular weight excluding hydrogens is 186 g/mol. The average molecular weight is 196 g/mol. The lowest BCUT2D eigenvalue weighted by atomic mass is 10.1. The highest BCUT2D eigenvalue weighted by Crippen LogP contribution is 2.24. The van der Waals surface area contributed by atoms with Crippen molar-refractivity contribution in [3.05, 3.63) is 35.0 Å². The summed E-state index contributed by atoms with van der Waals surface area (Å²) in [5.74, 6) is -1.16. The normalized spacial score (nSPS) is 11.1. The van der Waals surface area contributed by atoms with Gasteiger partial charge >= 0.3 is 0 Å². The zero-order valence-corrected chi connectivity index (χ0v) is 7.70. The largest absolute Gasteiger partial charge is 0.356 e. The van der Waals surface area contributed by atoms with Crippen LogP contribution in [-0.4, -0.2) is 4.98 Å². The highest BCUT2D eigenvalue weighted by atomic mass is 19.1. The monoisotopic (exact) mass is 196 g/mol. The third-order valence-corrected chi connectivity index (χ3v) is 2.35. The number of rotatable bonds is 1. The summed E-state index contributed by atoms with van der Waals surface area (Å²) in [6.07, 6.45) is 0. The van der Waals surface area contributed by atoms with Crippen LogP contribution in [0.25, 0.3) is 10.9 Å². The van der Waals surface area contributed by atoms with Gasteiger partial charge in [-0.05, 0) is 18.6 Å². The van der Waals surface area contributed by atoms with Crippen LogP contribution < -0.4 is 5.73 Å². The van der Waals surface area contributed by atoms with Crippen molar-refractivity contribution in [1.29, 1.82) is 0 Å². The summed E-state index contributed by atoms with van der Waals surface area (Å²) in [6, 6.07) is 2.16. The van der Waals surface area contributed by atoms with Gasteiger partial charge in [-0.2, -0.15) is 0 Å². The lowest BCUT2D eigenvalue weighted by Gasteiger charge is -1.96. The van der Waals surface area contributed by atoms with E-state index < -0.39 is 11.6 Å². The Morgan fingerprint density at radius 1 is 1.36 bits per heavy atom. The van der Waals surface area contributed by atoms with Crippen LogP contribution in [0.5, 0.6) is 0 Å². The van der Waals surface area contributed by atoms with E-state index in [1.54, 1.807) is 6.92 Å². The molecule has 0 unspecified atom stereocenters. The molecule has 0 aliphatic carbocycles. The van der Waals surface area contributed by atoms with E-state index in [4.69, 9.17) is 5.73 Å². The molecule has 4 heteroatoms. The molecule has 2 rings (SSSR count). The van der Waals surface area contributed by atoms with Crippen LogP contribution in [-0.2, 0) is 6.54 Å². The highest BCUT2D eigenvalue weighted by Gasteiger charge is 2.11. The topological polar surface area (TPSA) is 41.8 Å². The van der Waals surface area contributed by atoms with Gasteiger partial charge in [-0.3, -0.25) is 0 Å². The van der Waals surface area contributed by atoms with Gasteiger partial charge in [0.05, 0.1) is 5.52 Å². The van der Waals surface area contributed by atoms with Crippen molar-refractivity contribution in [2.45, 2.75) is 13.5 Å². The molecule has 0 fully saturated rings. The molecule has 0 atom stereocenters. The fourth-order valence-electron chi connectivity index (χ4n) is 1.67. The molecule has 2 aromatic rings. The van der Waals surface area contributed by atoms with Crippen molar-refractivity contribution >= 4 is 10.9 Å². The van der Waals surface area contributed by atoms with Gasteiger partial charge in [-0.1, -0.05) is 0 Å². The van der Waals surface area contributed by atoms with Crippen LogP contribution in [0.1, 0.15) is 11.3 Å². The minimum absolute atomic E-state index is 0.273. The van der Waals surface area contributed by atoms with E-state index in [2.05, 4.69) is 4.98 Å². The van der Waals surface area contributed by atoms with Gasteiger partial charge in [-0.15, -0.1) is 0 Å². The predicted octanol–water partition coefficient (Wildman–Crippen LogP) is 2.21. The van der Waals surface area contributed by atoms with E-state index in [-0.39, 0.29) is 6.54 Å². The number of nitrogens with one attached hydrogen (secondary N) is 1. The van der Waals surface area contributed by atoms with Gasteiger partial charge in [0, 0.05) is 23.7 Å². The molecule has 0 saturated heterocycles. The van der Waals surface area contributed by atoms with Crippen molar-refractivity contribution in [2.24, 2.45) is 5.73 Å². The van der Waals surface area contributed by atoms with Gasteiger partial charge in [-0.25, -0.2) is 8.78 Å². The third-order valence-electron chi connectivity index (χ3n) is 2.35. The molecule has 0 saturated carbocycles. The molecule has 3 N–H and O–H groups in total. The maximum absolute atomic E-state index is 13.3. The number of H-pyrrole nitrogens is 1. The molecule has 1 aromatic carbocycles. The Morgan fingerprint density at radius 2 is 2.07 bits per heavy atom. The number of hydrogen-bond donors (Lipinski definition) is 2. The van der Waals surface area contributed by atoms with Crippen LogP contribution in [0.4, 0.5) is 8.78 Å². The van der Waals surface area contributed by atoms with Gasteiger partial charge in [0.25, 0.3) is 0 Å². The minimum atomic E-state index is -0.581. The standard InChI is InChI=1S/C10H10F2N2/c1-5-8(4-13)7-2-6(11)3-9(12)10(7)14-5/h2-3,14H,4,13H2,1H3. The second-order valence-corrected chi connectivity index (χ2v) is 3.24. The molecule has 0 aliphatic heterocycles. The van der Waals surface area contributed by atoms with E-state index >= 15 is 0 Å². The average Bonchev–Trinajstić information content (AvgIpc) is 2.41. The zero-order valence-electron chi connectivity index (χ0n) is 7.70. The van der Waals surface area contributed by atoms with Crippen molar-refractivity contribution in [1.82, 2.24) is 4.98 Å². The number of aromatic amines is 1. The number of halogens is 2. The molecule has 0 spiro atoms. The summed E-state index contributed by atoms with van der Waals surface area (Å²) >= 11 is 0. The van der Waals surface area contributed by atoms with Crippen LogP contribution in [0, 0.1) is 18.6 Å². The van der Waals surface area contributed by atoms with E-state index in [9.17, 15) is 8.78 Å². The van der Waals surface area contributed by atoms with Gasteiger partial charge in [0.1, 0.15) is 11.6 Å². The van der Waals surface area contributed by atoms with Crippen LogP contribution >= 0.6 is 0 Å². The fourth-order valence-corrected chi connectivity index (χ4v) is 1.67. The van der Waals surface area contributed by atoms with E-state index in [1.807, 2.05) is 0 Å². The second-order valence-electron chi connectivity index (χ2n) is 3.24. The number of benzene rings is 1. The van der Waals surface area contributed by atoms with E-state index in [0.29, 0.717) is 10.9 Å². The molecule has 0 bridgehead atoms. The lowest BCUT2D eigenvalue weighted by Crippen LogP contribution is -1.97. The molecule has 74 valence electrons. The van der Waals surface area contributed by atoms with Crippen LogP contribution in [0.3, 0.4) is 0 Å². The predicted molar refractivity (Wildman–Crippen MR) is 50.8 cm³/mol. The Balaban J connectivity index is 2.87. The first-order chi connectivity index (χ1) is 6.63. The Labute approximate surface area is 79.7 Å². The van der Waals surface area contributed by atoms with Gasteiger partial charge in [0.2, 0.25) is 0 Å². The Hall–Kier alpha value is -1.42. The maximum atomic E-state index is 13.3. The number of aryl methyl sites for hydroxylation is 1. The van der Waals surface area contributed by atoms with Gasteiger partial charge < -0.3 is 10.7 Å². The van der Waals surface area contributed by atoms with Gasteiger partial charge in [0.15, 0.2) is 0 Å². The number of aromatic nitrogens is 1. The summed E-state index contributed by atoms with van der Waals surface area (Å²) in [7, 11) is 0. The summed E-state index contributed by atoms with van der Waals surface area (Å²) in [5, 5.41) is 0.530. The van der Waals surface area contributed by atoms with Crippen molar-refractivity contribution < 1.29 is 8.78 Å². The first kappa shape index (κ1) is 9.15. The minimum Gasteiger partial charge on any atom is -0.356 e. The molecule has 14 heavy (non-hydrogen) atoms. The number of fused-ring (bicyclic) bond motifs is 1. The second kappa shape index (κ2) is 3.06. The quantitative estimate of drug-likeness (QED) is 0.721. The molecule has 1 aromatic heterocycles. The van der Waals surface area contributed by atoms with Crippen molar-refractivity contribution in [3.63, 3.8) is 0 Å². The molecule has 1 heterocycles. The lowest BCUT2D eigenvalue weighted by molar-refractivity contribution is 0.591. The molecule has 0 radical (unpaired) electrons. The smallest absolute Gasteiger partial charge is 0.150 e. The number of hydrogen-bond acceptors (Lipinski definition) is 1. The van der Waals surface area contributed by atoms with E-state index in [1.165, 1.54) is 6.07 Å². The third kappa shape index (κ3) is 1.19. The molecule has 0 aliphatic rings. The molecule has 0 amide bonds. The Bertz CT molecular complexity index is 488. The summed E-state index contributed by atoms with van der Waals surface area (Å²) < 4.78 is 26.2. The molecular formula is C10H10F2N2. The van der Waals surface area contributed by atoms with Crippen LogP contribution in [0.15, 0.2) is 12.1 Å². The summed E-state index contributed by atoms with van der Waals surface area (Å²) in [6.45, 7) is 2.06. The SMILES string of the molecule is Cc1[nH]c2c(F)cc(F)cc2c1CN. The highest BCUT2D eigenvalue weighted by molar-refractivity contribution is 5.85. The Kier molecular flexibility index (Phi) is 2.00. The Morgan fingerprint density at radius 3 is 2.71 bits per heavy atom. The maximum Gasteiger partial charge on any atom is 0.150 e. The van der Waals surface area contributed by atoms with E-state index in [0.717, 1.165) is 17.3 Å². The summed E-state index contributed by atoms with van der Waals surface area (Å²) in [4.78, 5) is 2.85. The summed E-state index contributed by atoms with van der Waals surface area (Å²) in [5.41, 5.74) is 7.37. The zero-order chi connectivity index (χ0) is 10.3.